The SMILES string of the molecule is CCCCCCNS(=O)(=O)c1cnn(C(c2ccccc2)(c2ccccc2)c2ccccc2)c1. The third-order valence-corrected chi connectivity index (χ3v) is 7.53. The quantitative estimate of drug-likeness (QED) is 0.228. The van der Waals surface area contributed by atoms with E-state index in [9.17, 15) is 8.42 Å². The van der Waals surface area contributed by atoms with Gasteiger partial charge in [0.15, 0.2) is 0 Å². The van der Waals surface area contributed by atoms with Gasteiger partial charge in [-0.25, -0.2) is 13.1 Å². The van der Waals surface area contributed by atoms with Crippen molar-refractivity contribution in [3.8, 4) is 0 Å². The van der Waals surface area contributed by atoms with Crippen LogP contribution in [0.15, 0.2) is 108 Å². The summed E-state index contributed by atoms with van der Waals surface area (Å²) >= 11 is 0. The van der Waals surface area contributed by atoms with E-state index in [1.54, 1.807) is 10.9 Å². The first-order valence-electron chi connectivity index (χ1n) is 11.8. The Bertz CT molecular complexity index is 1170. The lowest BCUT2D eigenvalue weighted by Crippen LogP contribution is -2.38. The topological polar surface area (TPSA) is 64.0 Å². The van der Waals surface area contributed by atoms with E-state index in [0.29, 0.717) is 6.54 Å². The fraction of sp³-hybridized carbons (Fsp3) is 0.250. The average molecular weight is 474 g/mol. The van der Waals surface area contributed by atoms with Crippen LogP contribution in [0.3, 0.4) is 0 Å². The average Bonchev–Trinajstić information content (AvgIpc) is 3.38. The zero-order valence-corrected chi connectivity index (χ0v) is 20.3. The summed E-state index contributed by atoms with van der Waals surface area (Å²) in [7, 11) is -3.67. The third-order valence-electron chi connectivity index (χ3n) is 6.11. The molecule has 0 atom stereocenters. The summed E-state index contributed by atoms with van der Waals surface area (Å²) in [5.74, 6) is 0. The molecule has 176 valence electrons. The molecule has 0 amide bonds. The van der Waals surface area contributed by atoms with Crippen LogP contribution in [0.5, 0.6) is 0 Å². The predicted octanol–water partition coefficient (Wildman–Crippen LogP) is 5.58. The molecule has 34 heavy (non-hydrogen) atoms. The number of nitrogens with zero attached hydrogens (tertiary/aromatic N) is 2. The first-order chi connectivity index (χ1) is 16.6. The fourth-order valence-electron chi connectivity index (χ4n) is 4.41. The molecule has 0 saturated heterocycles. The van der Waals surface area contributed by atoms with Gasteiger partial charge in [-0.1, -0.05) is 117 Å². The smallest absolute Gasteiger partial charge is 0.243 e. The van der Waals surface area contributed by atoms with Crippen LogP contribution in [0.4, 0.5) is 0 Å². The van der Waals surface area contributed by atoms with Gasteiger partial charge in [0, 0.05) is 12.7 Å². The highest BCUT2D eigenvalue weighted by atomic mass is 32.2. The van der Waals surface area contributed by atoms with Crippen molar-refractivity contribution in [1.82, 2.24) is 14.5 Å². The van der Waals surface area contributed by atoms with E-state index in [1.807, 2.05) is 54.6 Å². The monoisotopic (exact) mass is 473 g/mol. The Labute approximate surface area is 202 Å². The van der Waals surface area contributed by atoms with Gasteiger partial charge in [0.05, 0.1) is 6.20 Å². The summed E-state index contributed by atoms with van der Waals surface area (Å²) in [6, 6.07) is 30.2. The minimum atomic E-state index is -3.67. The van der Waals surface area contributed by atoms with Gasteiger partial charge >= 0.3 is 0 Å². The first-order valence-corrected chi connectivity index (χ1v) is 13.3. The highest BCUT2D eigenvalue weighted by Crippen LogP contribution is 2.40. The molecule has 0 radical (unpaired) electrons. The first kappa shape index (κ1) is 23.9. The van der Waals surface area contributed by atoms with Crippen LogP contribution >= 0.6 is 0 Å². The fourth-order valence-corrected chi connectivity index (χ4v) is 5.41. The molecular weight excluding hydrogens is 442 g/mol. The molecule has 0 saturated carbocycles. The molecule has 3 aromatic carbocycles. The van der Waals surface area contributed by atoms with Crippen molar-refractivity contribution in [2.24, 2.45) is 0 Å². The highest BCUT2D eigenvalue weighted by molar-refractivity contribution is 7.89. The second-order valence-electron chi connectivity index (χ2n) is 8.39. The predicted molar refractivity (Wildman–Crippen MR) is 136 cm³/mol. The molecule has 4 rings (SSSR count). The van der Waals surface area contributed by atoms with E-state index in [-0.39, 0.29) is 4.90 Å². The molecule has 0 unspecified atom stereocenters. The Balaban J connectivity index is 1.83. The lowest BCUT2D eigenvalue weighted by molar-refractivity contribution is 0.459. The van der Waals surface area contributed by atoms with E-state index in [2.05, 4.69) is 53.1 Å². The molecule has 5 nitrogen and oxygen atoms in total. The Morgan fingerprint density at radius 1 is 0.765 bits per heavy atom. The van der Waals surface area contributed by atoms with Crippen molar-refractivity contribution in [1.29, 1.82) is 0 Å². The number of rotatable bonds is 11. The van der Waals surface area contributed by atoms with Gasteiger partial charge < -0.3 is 0 Å². The summed E-state index contributed by atoms with van der Waals surface area (Å²) in [5.41, 5.74) is 2.14. The van der Waals surface area contributed by atoms with E-state index in [0.717, 1.165) is 42.4 Å². The molecule has 0 aliphatic heterocycles. The summed E-state index contributed by atoms with van der Waals surface area (Å²) in [6.07, 6.45) is 7.13. The maximum Gasteiger partial charge on any atom is 0.243 e. The van der Waals surface area contributed by atoms with E-state index < -0.39 is 15.6 Å². The van der Waals surface area contributed by atoms with Gasteiger partial charge in [0.2, 0.25) is 10.0 Å². The van der Waals surface area contributed by atoms with Crippen molar-refractivity contribution in [2.75, 3.05) is 6.54 Å². The molecule has 0 aliphatic rings. The normalized spacial score (nSPS) is 12.0. The molecule has 0 aliphatic carbocycles. The maximum atomic E-state index is 13.1. The highest BCUT2D eigenvalue weighted by Gasteiger charge is 2.39. The Hall–Kier alpha value is -3.22. The van der Waals surface area contributed by atoms with Crippen molar-refractivity contribution in [2.45, 2.75) is 43.0 Å². The van der Waals surface area contributed by atoms with E-state index in [4.69, 9.17) is 0 Å². The Morgan fingerprint density at radius 3 is 1.74 bits per heavy atom. The number of hydrogen-bond acceptors (Lipinski definition) is 3. The summed E-state index contributed by atoms with van der Waals surface area (Å²) < 4.78 is 30.6. The zero-order chi connectivity index (χ0) is 23.9. The van der Waals surface area contributed by atoms with Crippen LogP contribution in [0.1, 0.15) is 49.3 Å². The minimum absolute atomic E-state index is 0.162. The largest absolute Gasteiger partial charge is 0.252 e. The van der Waals surface area contributed by atoms with Gasteiger partial charge in [-0.05, 0) is 23.1 Å². The molecule has 0 spiro atoms. The summed E-state index contributed by atoms with van der Waals surface area (Å²) in [5, 5.41) is 4.64. The van der Waals surface area contributed by atoms with Crippen molar-refractivity contribution >= 4 is 10.0 Å². The van der Waals surface area contributed by atoms with Gasteiger partial charge in [-0.2, -0.15) is 5.10 Å². The number of nitrogens with one attached hydrogen (secondary N) is 1. The van der Waals surface area contributed by atoms with Crippen LogP contribution < -0.4 is 4.72 Å². The second-order valence-corrected chi connectivity index (χ2v) is 10.2. The molecule has 6 heteroatoms. The molecule has 0 fully saturated rings. The number of aromatic nitrogens is 2. The van der Waals surface area contributed by atoms with Crippen LogP contribution in [0.2, 0.25) is 0 Å². The Kier molecular flexibility index (Phi) is 7.60. The van der Waals surface area contributed by atoms with Crippen LogP contribution in [-0.4, -0.2) is 24.7 Å². The lowest BCUT2D eigenvalue weighted by Gasteiger charge is -2.36. The van der Waals surface area contributed by atoms with Crippen LogP contribution in [-0.2, 0) is 15.6 Å². The number of unbranched alkanes of at least 4 members (excludes halogenated alkanes) is 3. The van der Waals surface area contributed by atoms with Crippen molar-refractivity contribution < 1.29 is 8.42 Å². The van der Waals surface area contributed by atoms with Gasteiger partial charge in [-0.15, -0.1) is 0 Å². The lowest BCUT2D eigenvalue weighted by atomic mass is 9.77. The number of hydrogen-bond donors (Lipinski definition) is 1. The van der Waals surface area contributed by atoms with E-state index >= 15 is 0 Å². The summed E-state index contributed by atoms with van der Waals surface area (Å²) in [4.78, 5) is 0.162. The third kappa shape index (κ3) is 4.83. The Morgan fingerprint density at radius 2 is 1.26 bits per heavy atom. The van der Waals surface area contributed by atoms with Crippen molar-refractivity contribution in [3.63, 3.8) is 0 Å². The minimum Gasteiger partial charge on any atom is -0.252 e. The van der Waals surface area contributed by atoms with Crippen LogP contribution in [0, 0.1) is 0 Å². The van der Waals surface area contributed by atoms with Crippen LogP contribution in [0.25, 0.3) is 0 Å². The number of benzene rings is 3. The molecule has 1 N–H and O–H groups in total. The molecule has 0 bridgehead atoms. The van der Waals surface area contributed by atoms with Gasteiger partial charge in [0.1, 0.15) is 10.4 Å². The van der Waals surface area contributed by atoms with Crippen molar-refractivity contribution in [3.05, 3.63) is 120 Å². The standard InChI is InChI=1S/C28H31N3O2S/c1-2-3-4-14-21-30-34(32,33)27-22-29-31(23-27)28(24-15-8-5-9-16-24,25-17-10-6-11-18-25)26-19-12-7-13-20-26/h5-13,15-20,22-23,30H,2-4,14,21H2,1H3. The van der Waals surface area contributed by atoms with Gasteiger partial charge in [-0.3, -0.25) is 4.68 Å². The summed E-state index contributed by atoms with van der Waals surface area (Å²) in [6.45, 7) is 2.56. The van der Waals surface area contributed by atoms with E-state index in [1.165, 1.54) is 6.20 Å². The molecular formula is C28H31N3O2S. The zero-order valence-electron chi connectivity index (χ0n) is 19.5. The molecule has 4 aromatic rings. The second kappa shape index (κ2) is 10.8. The van der Waals surface area contributed by atoms with Gasteiger partial charge in [0.25, 0.3) is 0 Å². The molecule has 1 heterocycles. The molecule has 1 aromatic heterocycles. The maximum absolute atomic E-state index is 13.1. The number of sulfonamides is 1.